The molecule has 1 heterocycles. The molecule has 1 amide bonds. The van der Waals surface area contributed by atoms with Gasteiger partial charge in [-0.1, -0.05) is 0 Å². The van der Waals surface area contributed by atoms with E-state index in [0.29, 0.717) is 28.0 Å². The zero-order chi connectivity index (χ0) is 19.2. The average molecular weight is 387 g/mol. The van der Waals surface area contributed by atoms with Crippen LogP contribution in [-0.4, -0.2) is 25.1 Å². The topological polar surface area (TPSA) is 72.5 Å². The van der Waals surface area contributed by atoms with Gasteiger partial charge in [-0.3, -0.25) is 4.79 Å². The minimum absolute atomic E-state index is 0.135. The minimum Gasteiger partial charge on any atom is -0.493 e. The Balaban J connectivity index is 1.60. The van der Waals surface area contributed by atoms with Crippen LogP contribution in [-0.2, 0) is 11.2 Å². The molecule has 8 heteroatoms. The van der Waals surface area contributed by atoms with Crippen LogP contribution in [0.4, 0.5) is 20.9 Å². The fourth-order valence-corrected chi connectivity index (χ4v) is 3.12. The van der Waals surface area contributed by atoms with Gasteiger partial charge in [-0.05, 0) is 36.4 Å². The second-order valence-electron chi connectivity index (χ2n) is 5.57. The number of benzene rings is 2. The van der Waals surface area contributed by atoms with Crippen molar-refractivity contribution in [3.05, 3.63) is 59.4 Å². The number of carbonyl (C=O) groups is 1. The van der Waals surface area contributed by atoms with Gasteiger partial charge in [-0.25, -0.2) is 9.37 Å². The SMILES string of the molecule is COc1ccc(NC(=O)Cc2csc(Nc3ccc(F)cc3)n2)cc1OC. The molecular weight excluding hydrogens is 369 g/mol. The fraction of sp³-hybridized carbons (Fsp3) is 0.158. The molecule has 0 aliphatic carbocycles. The molecule has 6 nitrogen and oxygen atoms in total. The Kier molecular flexibility index (Phi) is 5.87. The van der Waals surface area contributed by atoms with Crippen molar-refractivity contribution in [3.63, 3.8) is 0 Å². The van der Waals surface area contributed by atoms with Crippen molar-refractivity contribution in [3.8, 4) is 11.5 Å². The van der Waals surface area contributed by atoms with Crippen LogP contribution in [0.5, 0.6) is 11.5 Å². The van der Waals surface area contributed by atoms with E-state index in [1.165, 1.54) is 30.6 Å². The molecule has 0 fully saturated rings. The first-order valence-corrected chi connectivity index (χ1v) is 8.94. The van der Waals surface area contributed by atoms with E-state index in [4.69, 9.17) is 9.47 Å². The van der Waals surface area contributed by atoms with E-state index in [9.17, 15) is 9.18 Å². The second kappa shape index (κ2) is 8.50. The summed E-state index contributed by atoms with van der Waals surface area (Å²) in [5.41, 5.74) is 1.98. The van der Waals surface area contributed by atoms with E-state index in [2.05, 4.69) is 15.6 Å². The van der Waals surface area contributed by atoms with E-state index >= 15 is 0 Å². The van der Waals surface area contributed by atoms with Gasteiger partial charge in [0.05, 0.1) is 26.3 Å². The molecule has 3 rings (SSSR count). The summed E-state index contributed by atoms with van der Waals surface area (Å²) in [6.07, 6.45) is 0.135. The summed E-state index contributed by atoms with van der Waals surface area (Å²) in [4.78, 5) is 16.6. The van der Waals surface area contributed by atoms with Crippen molar-refractivity contribution in [2.24, 2.45) is 0 Å². The number of halogens is 1. The van der Waals surface area contributed by atoms with Crippen molar-refractivity contribution in [1.82, 2.24) is 4.98 Å². The zero-order valence-electron chi connectivity index (χ0n) is 14.8. The van der Waals surface area contributed by atoms with E-state index in [-0.39, 0.29) is 18.1 Å². The number of carbonyl (C=O) groups excluding carboxylic acids is 1. The van der Waals surface area contributed by atoms with Gasteiger partial charge in [0.25, 0.3) is 0 Å². The largest absolute Gasteiger partial charge is 0.493 e. The molecule has 140 valence electrons. The number of aromatic nitrogens is 1. The summed E-state index contributed by atoms with van der Waals surface area (Å²) in [7, 11) is 3.09. The molecule has 2 aromatic carbocycles. The van der Waals surface area contributed by atoms with Gasteiger partial charge in [0.15, 0.2) is 16.6 Å². The molecule has 2 N–H and O–H groups in total. The van der Waals surface area contributed by atoms with Gasteiger partial charge < -0.3 is 20.1 Å². The number of amides is 1. The Morgan fingerprint density at radius 1 is 1.07 bits per heavy atom. The summed E-state index contributed by atoms with van der Waals surface area (Å²) < 4.78 is 23.3. The van der Waals surface area contributed by atoms with Gasteiger partial charge in [-0.15, -0.1) is 11.3 Å². The van der Waals surface area contributed by atoms with E-state index in [1.807, 2.05) is 0 Å². The third kappa shape index (κ3) is 4.95. The number of anilines is 3. The summed E-state index contributed by atoms with van der Waals surface area (Å²) in [5, 5.41) is 8.33. The summed E-state index contributed by atoms with van der Waals surface area (Å²) in [6.45, 7) is 0. The van der Waals surface area contributed by atoms with Crippen LogP contribution in [0.3, 0.4) is 0 Å². The predicted octanol–water partition coefficient (Wildman–Crippen LogP) is 4.22. The number of rotatable bonds is 7. The first kappa shape index (κ1) is 18.7. The standard InChI is InChI=1S/C19H18FN3O3S/c1-25-16-8-7-14(9-17(16)26-2)21-18(24)10-15-11-27-19(23-15)22-13-5-3-12(20)4-6-13/h3-9,11H,10H2,1-2H3,(H,21,24)(H,22,23). The van der Waals surface area contributed by atoms with E-state index < -0.39 is 0 Å². The lowest BCUT2D eigenvalue weighted by Gasteiger charge is -2.10. The number of nitrogens with zero attached hydrogens (tertiary/aromatic N) is 1. The quantitative estimate of drug-likeness (QED) is 0.635. The van der Waals surface area contributed by atoms with Crippen LogP contribution in [0.2, 0.25) is 0 Å². The molecule has 27 heavy (non-hydrogen) atoms. The normalized spacial score (nSPS) is 10.3. The van der Waals surface area contributed by atoms with Crippen LogP contribution < -0.4 is 20.1 Å². The monoisotopic (exact) mass is 387 g/mol. The molecule has 3 aromatic rings. The number of thiazole rings is 1. The smallest absolute Gasteiger partial charge is 0.230 e. The number of hydrogen-bond donors (Lipinski definition) is 2. The molecule has 0 spiro atoms. The van der Waals surface area contributed by atoms with Crippen molar-refractivity contribution >= 4 is 33.8 Å². The highest BCUT2D eigenvalue weighted by molar-refractivity contribution is 7.13. The Bertz CT molecular complexity index is 928. The van der Waals surface area contributed by atoms with Gasteiger partial charge in [0, 0.05) is 22.8 Å². The summed E-state index contributed by atoms with van der Waals surface area (Å²) >= 11 is 1.38. The molecule has 0 saturated carbocycles. The Morgan fingerprint density at radius 3 is 2.48 bits per heavy atom. The van der Waals surface area contributed by atoms with Crippen LogP contribution >= 0.6 is 11.3 Å². The van der Waals surface area contributed by atoms with E-state index in [1.54, 1.807) is 42.8 Å². The first-order chi connectivity index (χ1) is 13.1. The number of methoxy groups -OCH3 is 2. The highest BCUT2D eigenvalue weighted by Crippen LogP contribution is 2.30. The molecule has 1 aromatic heterocycles. The lowest BCUT2D eigenvalue weighted by molar-refractivity contribution is -0.115. The number of nitrogens with one attached hydrogen (secondary N) is 2. The lowest BCUT2D eigenvalue weighted by atomic mass is 10.2. The number of ether oxygens (including phenoxy) is 2. The van der Waals surface area contributed by atoms with E-state index in [0.717, 1.165) is 5.69 Å². The van der Waals surface area contributed by atoms with Gasteiger partial charge in [-0.2, -0.15) is 0 Å². The third-order valence-corrected chi connectivity index (χ3v) is 4.46. The molecule has 0 saturated heterocycles. The highest BCUT2D eigenvalue weighted by Gasteiger charge is 2.10. The zero-order valence-corrected chi connectivity index (χ0v) is 15.6. The van der Waals surface area contributed by atoms with Crippen molar-refractivity contribution in [2.75, 3.05) is 24.9 Å². The molecule has 0 bridgehead atoms. The lowest BCUT2D eigenvalue weighted by Crippen LogP contribution is -2.14. The van der Waals surface area contributed by atoms with Crippen LogP contribution in [0, 0.1) is 5.82 Å². The van der Waals surface area contributed by atoms with Crippen LogP contribution in [0.1, 0.15) is 5.69 Å². The van der Waals surface area contributed by atoms with Gasteiger partial charge in [0.1, 0.15) is 5.82 Å². The molecule has 0 atom stereocenters. The van der Waals surface area contributed by atoms with Crippen LogP contribution in [0.15, 0.2) is 47.8 Å². The maximum Gasteiger partial charge on any atom is 0.230 e. The molecule has 0 aliphatic rings. The summed E-state index contributed by atoms with van der Waals surface area (Å²) in [5.74, 6) is 0.634. The van der Waals surface area contributed by atoms with Crippen molar-refractivity contribution in [2.45, 2.75) is 6.42 Å². The Hall–Kier alpha value is -3.13. The molecule has 0 aliphatic heterocycles. The van der Waals surface area contributed by atoms with Gasteiger partial charge >= 0.3 is 0 Å². The average Bonchev–Trinajstić information content (AvgIpc) is 3.10. The maximum absolute atomic E-state index is 12.9. The molecular formula is C19H18FN3O3S. The highest BCUT2D eigenvalue weighted by atomic mass is 32.1. The van der Waals surface area contributed by atoms with Gasteiger partial charge in [0.2, 0.25) is 5.91 Å². The number of hydrogen-bond acceptors (Lipinski definition) is 6. The van der Waals surface area contributed by atoms with Crippen LogP contribution in [0.25, 0.3) is 0 Å². The summed E-state index contributed by atoms with van der Waals surface area (Å²) in [6, 6.07) is 11.1. The van der Waals surface area contributed by atoms with Crippen molar-refractivity contribution < 1.29 is 18.7 Å². The first-order valence-electron chi connectivity index (χ1n) is 8.06. The molecule has 0 unspecified atom stereocenters. The van der Waals surface area contributed by atoms with Crippen molar-refractivity contribution in [1.29, 1.82) is 0 Å². The maximum atomic E-state index is 12.9. The fourth-order valence-electron chi connectivity index (χ4n) is 2.39. The second-order valence-corrected chi connectivity index (χ2v) is 6.43. The Labute approximate surface area is 160 Å². The third-order valence-electron chi connectivity index (χ3n) is 3.66. The molecule has 0 radical (unpaired) electrons. The minimum atomic E-state index is -0.299. The predicted molar refractivity (Wildman–Crippen MR) is 104 cm³/mol. The Morgan fingerprint density at radius 2 is 1.78 bits per heavy atom.